The van der Waals surface area contributed by atoms with Crippen LogP contribution >= 0.6 is 22.6 Å². The van der Waals surface area contributed by atoms with Gasteiger partial charge in [0.1, 0.15) is 5.82 Å². The molecule has 0 radical (unpaired) electrons. The van der Waals surface area contributed by atoms with Crippen molar-refractivity contribution in [3.8, 4) is 0 Å². The van der Waals surface area contributed by atoms with Gasteiger partial charge in [0, 0.05) is 16.2 Å². The summed E-state index contributed by atoms with van der Waals surface area (Å²) in [5, 5.41) is 10.4. The molecule has 0 aliphatic heterocycles. The van der Waals surface area contributed by atoms with E-state index in [1.165, 1.54) is 11.0 Å². The second kappa shape index (κ2) is 7.88. The van der Waals surface area contributed by atoms with Crippen molar-refractivity contribution in [2.45, 2.75) is 25.5 Å². The van der Waals surface area contributed by atoms with Crippen LogP contribution in [0, 0.1) is 9.39 Å². The number of likely N-dealkylation sites (N-methyl/N-ethyl adjacent to an activating group) is 1. The van der Waals surface area contributed by atoms with Crippen molar-refractivity contribution in [3.63, 3.8) is 0 Å². The number of hydrogen-bond acceptors (Lipinski definition) is 2. The number of carbonyl (C=O) groups is 1. The number of rotatable bonds is 5. The molecule has 0 unspecified atom stereocenters. The van der Waals surface area contributed by atoms with Crippen LogP contribution in [0.5, 0.6) is 0 Å². The Balaban J connectivity index is 2.10. The lowest BCUT2D eigenvalue weighted by atomic mass is 10.0. The second-order valence-electron chi connectivity index (χ2n) is 5.48. The van der Waals surface area contributed by atoms with Crippen molar-refractivity contribution >= 4 is 28.5 Å². The molecule has 2 aromatic rings. The lowest BCUT2D eigenvalue weighted by molar-refractivity contribution is -0.133. The zero-order valence-corrected chi connectivity index (χ0v) is 15.2. The molecule has 0 aromatic heterocycles. The minimum atomic E-state index is -0.787. The minimum absolute atomic E-state index is 0.0205. The molecular weight excluding hydrogens is 408 g/mol. The molecule has 0 saturated carbocycles. The van der Waals surface area contributed by atoms with Gasteiger partial charge in [0.15, 0.2) is 0 Å². The van der Waals surface area contributed by atoms with Gasteiger partial charge < -0.3 is 10.0 Å². The topological polar surface area (TPSA) is 40.5 Å². The van der Waals surface area contributed by atoms with Gasteiger partial charge in [-0.3, -0.25) is 4.79 Å². The van der Waals surface area contributed by atoms with Gasteiger partial charge in [0.2, 0.25) is 5.91 Å². The van der Waals surface area contributed by atoms with Gasteiger partial charge in [-0.15, -0.1) is 0 Å². The summed E-state index contributed by atoms with van der Waals surface area (Å²) in [6.45, 7) is 1.78. The van der Waals surface area contributed by atoms with E-state index in [2.05, 4.69) is 0 Å². The zero-order valence-electron chi connectivity index (χ0n) is 13.0. The maximum absolute atomic E-state index is 13.9. The van der Waals surface area contributed by atoms with E-state index in [1.54, 1.807) is 26.1 Å². The maximum atomic E-state index is 13.9. The lowest BCUT2D eigenvalue weighted by Gasteiger charge is -2.29. The molecule has 2 atom stereocenters. The van der Waals surface area contributed by atoms with Crippen LogP contribution in [0.1, 0.15) is 24.2 Å². The Labute approximate surface area is 149 Å². The fraction of sp³-hybridized carbons (Fsp3) is 0.278. The van der Waals surface area contributed by atoms with Crippen LogP contribution < -0.4 is 0 Å². The van der Waals surface area contributed by atoms with Crippen molar-refractivity contribution in [3.05, 3.63) is 69.0 Å². The van der Waals surface area contributed by atoms with Crippen LogP contribution in [0.25, 0.3) is 0 Å². The van der Waals surface area contributed by atoms with Crippen LogP contribution in [0.4, 0.5) is 4.39 Å². The van der Waals surface area contributed by atoms with Gasteiger partial charge in [0.25, 0.3) is 0 Å². The molecule has 122 valence electrons. The summed E-state index contributed by atoms with van der Waals surface area (Å²) in [5.74, 6) is -0.606. The fourth-order valence-electron chi connectivity index (χ4n) is 2.34. The molecule has 0 fully saturated rings. The zero-order chi connectivity index (χ0) is 17.0. The molecule has 23 heavy (non-hydrogen) atoms. The monoisotopic (exact) mass is 427 g/mol. The molecule has 1 N–H and O–H groups in total. The molecule has 0 aliphatic rings. The number of halogens is 2. The van der Waals surface area contributed by atoms with E-state index in [4.69, 9.17) is 0 Å². The standard InChI is InChI=1S/C18H19FINO2/c1-12(18(23)13-7-4-3-5-8-13)21(2)17(22)11-14-15(19)9-6-10-16(14)20/h3-10,12,18,23H,11H2,1-2H3/t12-,18-/m1/s1. The van der Waals surface area contributed by atoms with Gasteiger partial charge in [-0.2, -0.15) is 0 Å². The van der Waals surface area contributed by atoms with E-state index in [0.29, 0.717) is 5.56 Å². The number of carbonyl (C=O) groups excluding carboxylic acids is 1. The van der Waals surface area contributed by atoms with E-state index in [0.717, 1.165) is 9.13 Å². The minimum Gasteiger partial charge on any atom is -0.386 e. The van der Waals surface area contributed by atoms with Crippen LogP contribution in [0.15, 0.2) is 48.5 Å². The van der Waals surface area contributed by atoms with Gasteiger partial charge in [-0.25, -0.2) is 4.39 Å². The molecule has 0 spiro atoms. The third-order valence-electron chi connectivity index (χ3n) is 3.99. The summed E-state index contributed by atoms with van der Waals surface area (Å²) in [6, 6.07) is 13.5. The molecule has 1 amide bonds. The Bertz CT molecular complexity index is 658. The first-order chi connectivity index (χ1) is 10.9. The largest absolute Gasteiger partial charge is 0.386 e. The quantitative estimate of drug-likeness (QED) is 0.742. The first kappa shape index (κ1) is 17.9. The Hall–Kier alpha value is -1.47. The van der Waals surface area contributed by atoms with Crippen molar-refractivity contribution in [2.24, 2.45) is 0 Å². The normalized spacial score (nSPS) is 13.4. The number of benzene rings is 2. The SMILES string of the molecule is C[C@H]([C@@H](O)c1ccccc1)N(C)C(=O)Cc1c(F)cccc1I. The van der Waals surface area contributed by atoms with Gasteiger partial charge in [-0.1, -0.05) is 36.4 Å². The van der Waals surface area contributed by atoms with Gasteiger partial charge in [0.05, 0.1) is 18.6 Å². The molecule has 2 rings (SSSR count). The van der Waals surface area contributed by atoms with E-state index < -0.39 is 12.1 Å². The lowest BCUT2D eigenvalue weighted by Crippen LogP contribution is -2.40. The molecule has 3 nitrogen and oxygen atoms in total. The highest BCUT2D eigenvalue weighted by molar-refractivity contribution is 14.1. The second-order valence-corrected chi connectivity index (χ2v) is 6.64. The fourth-order valence-corrected chi connectivity index (χ4v) is 3.00. The number of amides is 1. The molecule has 5 heteroatoms. The van der Waals surface area contributed by atoms with Crippen molar-refractivity contribution in [1.82, 2.24) is 4.90 Å². The molecule has 0 heterocycles. The van der Waals surface area contributed by atoms with E-state index in [-0.39, 0.29) is 18.1 Å². The molecule has 0 bridgehead atoms. The summed E-state index contributed by atoms with van der Waals surface area (Å²) in [5.41, 5.74) is 1.14. The van der Waals surface area contributed by atoms with Gasteiger partial charge in [-0.05, 0) is 47.2 Å². The van der Waals surface area contributed by atoms with Crippen LogP contribution in [0.2, 0.25) is 0 Å². The highest BCUT2D eigenvalue weighted by Gasteiger charge is 2.25. The van der Waals surface area contributed by atoms with Crippen molar-refractivity contribution < 1.29 is 14.3 Å². The summed E-state index contributed by atoms with van der Waals surface area (Å²) in [4.78, 5) is 13.9. The van der Waals surface area contributed by atoms with E-state index in [9.17, 15) is 14.3 Å². The highest BCUT2D eigenvalue weighted by atomic mass is 127. The number of hydrogen-bond donors (Lipinski definition) is 1. The van der Waals surface area contributed by atoms with Crippen LogP contribution in [0.3, 0.4) is 0 Å². The Morgan fingerprint density at radius 1 is 1.22 bits per heavy atom. The molecular formula is C18H19FINO2. The van der Waals surface area contributed by atoms with Crippen molar-refractivity contribution in [1.29, 1.82) is 0 Å². The maximum Gasteiger partial charge on any atom is 0.227 e. The number of aliphatic hydroxyl groups is 1. The predicted molar refractivity (Wildman–Crippen MR) is 96.5 cm³/mol. The highest BCUT2D eigenvalue weighted by Crippen LogP contribution is 2.22. The Morgan fingerprint density at radius 3 is 2.48 bits per heavy atom. The Morgan fingerprint density at radius 2 is 1.87 bits per heavy atom. The third-order valence-corrected chi connectivity index (χ3v) is 5.00. The average molecular weight is 427 g/mol. The first-order valence-electron chi connectivity index (χ1n) is 7.33. The molecule has 0 aliphatic carbocycles. The van der Waals surface area contributed by atoms with Crippen LogP contribution in [-0.4, -0.2) is 29.0 Å². The van der Waals surface area contributed by atoms with Crippen molar-refractivity contribution in [2.75, 3.05) is 7.05 Å². The molecule has 0 saturated heterocycles. The van der Waals surface area contributed by atoms with Crippen LogP contribution in [-0.2, 0) is 11.2 Å². The number of aliphatic hydroxyl groups excluding tert-OH is 1. The third kappa shape index (κ3) is 4.29. The average Bonchev–Trinajstić information content (AvgIpc) is 2.57. The predicted octanol–water partition coefficient (Wildman–Crippen LogP) is 3.55. The summed E-state index contributed by atoms with van der Waals surface area (Å²) in [7, 11) is 1.63. The van der Waals surface area contributed by atoms with E-state index in [1.807, 2.05) is 52.9 Å². The first-order valence-corrected chi connectivity index (χ1v) is 8.41. The summed E-state index contributed by atoms with van der Waals surface area (Å²) in [6.07, 6.45) is -0.808. The van der Waals surface area contributed by atoms with Gasteiger partial charge >= 0.3 is 0 Å². The summed E-state index contributed by atoms with van der Waals surface area (Å²) >= 11 is 2.02. The Kier molecular flexibility index (Phi) is 6.12. The summed E-state index contributed by atoms with van der Waals surface area (Å²) < 4.78 is 14.6. The molecule has 2 aromatic carbocycles. The van der Waals surface area contributed by atoms with E-state index >= 15 is 0 Å². The number of nitrogens with zero attached hydrogens (tertiary/aromatic N) is 1. The smallest absolute Gasteiger partial charge is 0.227 e.